The van der Waals surface area contributed by atoms with Crippen LogP contribution in [-0.4, -0.2) is 144 Å². The number of hydrogen-bond donors (Lipinski definition) is 0. The van der Waals surface area contributed by atoms with Crippen molar-refractivity contribution in [3.05, 3.63) is 0 Å². The summed E-state index contributed by atoms with van der Waals surface area (Å²) in [6.45, 7) is 38.2. The maximum absolute atomic E-state index is 2.93. The molecule has 0 N–H and O–H groups in total. The van der Waals surface area contributed by atoms with E-state index >= 15 is 0 Å². The molecule has 6 rings (SSSR count). The maximum atomic E-state index is 2.93. The first-order valence-electron chi connectivity index (χ1n) is 20.9. The fourth-order valence-corrected chi connectivity index (χ4v) is 11.5. The van der Waals surface area contributed by atoms with Gasteiger partial charge in [-0.15, -0.1) is 0 Å². The molecule has 272 valence electrons. The molecule has 6 saturated heterocycles. The SMILES string of the molecule is CC(C)N1CCC2CN(C(C)CCC(C)N3CCC4C(CC(C)N5CCC6CN(C(C)C)CC6C5)CN(C(C)C)CC4C3)CCC2C1. The molecule has 0 bridgehead atoms. The first-order valence-corrected chi connectivity index (χ1v) is 20.9. The summed E-state index contributed by atoms with van der Waals surface area (Å²) in [6, 6.07) is 4.27. The molecule has 0 aliphatic carbocycles. The quantitative estimate of drug-likeness (QED) is 0.258. The Morgan fingerprint density at radius 1 is 0.383 bits per heavy atom. The van der Waals surface area contributed by atoms with Crippen molar-refractivity contribution >= 4 is 0 Å². The molecule has 6 fully saturated rings. The van der Waals surface area contributed by atoms with Crippen LogP contribution in [0.4, 0.5) is 0 Å². The Morgan fingerprint density at radius 2 is 0.766 bits per heavy atom. The van der Waals surface area contributed by atoms with Crippen LogP contribution >= 0.6 is 0 Å². The summed E-state index contributed by atoms with van der Waals surface area (Å²) in [5.41, 5.74) is 0. The van der Waals surface area contributed by atoms with Gasteiger partial charge in [-0.05, 0) is 175 Å². The third kappa shape index (κ3) is 8.63. The lowest BCUT2D eigenvalue weighted by molar-refractivity contribution is -0.0339. The average Bonchev–Trinajstić information content (AvgIpc) is 3.50. The van der Waals surface area contributed by atoms with E-state index in [1.807, 2.05) is 0 Å². The van der Waals surface area contributed by atoms with Crippen LogP contribution in [0.15, 0.2) is 0 Å². The molecule has 0 amide bonds. The van der Waals surface area contributed by atoms with E-state index in [4.69, 9.17) is 0 Å². The van der Waals surface area contributed by atoms with E-state index < -0.39 is 0 Å². The summed E-state index contributed by atoms with van der Waals surface area (Å²) in [4.78, 5) is 17.1. The van der Waals surface area contributed by atoms with Crippen LogP contribution in [0.5, 0.6) is 0 Å². The molecule has 0 aromatic rings. The Morgan fingerprint density at radius 3 is 1.36 bits per heavy atom. The van der Waals surface area contributed by atoms with E-state index in [1.54, 1.807) is 0 Å². The lowest BCUT2D eigenvalue weighted by atomic mass is 9.70. The van der Waals surface area contributed by atoms with Crippen molar-refractivity contribution in [3.63, 3.8) is 0 Å². The van der Waals surface area contributed by atoms with Crippen LogP contribution in [0.2, 0.25) is 0 Å². The highest BCUT2D eigenvalue weighted by atomic mass is 15.2. The fourth-order valence-electron chi connectivity index (χ4n) is 11.5. The molecule has 0 radical (unpaired) electrons. The summed E-state index contributed by atoms with van der Waals surface area (Å²) < 4.78 is 0. The third-order valence-corrected chi connectivity index (χ3v) is 15.1. The van der Waals surface area contributed by atoms with Crippen LogP contribution < -0.4 is 0 Å². The standard InChI is InChI=1S/C41H78N6/c1-29(2)42-16-12-36-22-43(17-13-35(36)21-42)32(7)10-11-33(8)44-19-15-41-38(24-47(31(5)6)28-40(41)27-44)20-34(9)45-18-14-37-23-46(30(3)4)26-39(37)25-45/h29-41H,10-28H2,1-9H3. The zero-order valence-corrected chi connectivity index (χ0v) is 32.6. The van der Waals surface area contributed by atoms with Crippen molar-refractivity contribution in [2.24, 2.45) is 41.4 Å². The van der Waals surface area contributed by atoms with Crippen molar-refractivity contribution in [3.8, 4) is 0 Å². The monoisotopic (exact) mass is 655 g/mol. The Kier molecular flexibility index (Phi) is 12.4. The minimum atomic E-state index is 0.667. The summed E-state index contributed by atoms with van der Waals surface area (Å²) >= 11 is 0. The molecule has 6 aliphatic heterocycles. The van der Waals surface area contributed by atoms with E-state index in [2.05, 4.69) is 91.7 Å². The van der Waals surface area contributed by atoms with Crippen LogP contribution in [0.25, 0.3) is 0 Å². The van der Waals surface area contributed by atoms with Crippen molar-refractivity contribution < 1.29 is 0 Å². The number of piperidine rings is 5. The topological polar surface area (TPSA) is 19.4 Å². The van der Waals surface area contributed by atoms with Gasteiger partial charge in [0.1, 0.15) is 0 Å². The third-order valence-electron chi connectivity index (χ3n) is 15.1. The van der Waals surface area contributed by atoms with Gasteiger partial charge < -0.3 is 29.4 Å². The van der Waals surface area contributed by atoms with Crippen LogP contribution in [0.1, 0.15) is 107 Å². The normalized spacial score (nSPS) is 37.7. The highest BCUT2D eigenvalue weighted by Crippen LogP contribution is 2.41. The van der Waals surface area contributed by atoms with Crippen LogP contribution in [0.3, 0.4) is 0 Å². The van der Waals surface area contributed by atoms with Gasteiger partial charge in [0.25, 0.3) is 0 Å². The second-order valence-corrected chi connectivity index (χ2v) is 18.9. The number of hydrogen-bond acceptors (Lipinski definition) is 6. The molecule has 6 aliphatic rings. The first-order chi connectivity index (χ1) is 22.5. The number of rotatable bonds is 11. The summed E-state index contributed by atoms with van der Waals surface area (Å²) in [5, 5.41) is 0. The molecule has 47 heavy (non-hydrogen) atoms. The predicted octanol–water partition coefficient (Wildman–Crippen LogP) is 6.31. The van der Waals surface area contributed by atoms with Crippen molar-refractivity contribution in [2.75, 3.05) is 78.5 Å². The molecule has 6 heterocycles. The van der Waals surface area contributed by atoms with Gasteiger partial charge in [0, 0.05) is 88.6 Å². The second-order valence-electron chi connectivity index (χ2n) is 18.9. The highest BCUT2D eigenvalue weighted by molar-refractivity contribution is 4.97. The molecule has 10 atom stereocenters. The predicted molar refractivity (Wildman–Crippen MR) is 200 cm³/mol. The van der Waals surface area contributed by atoms with Gasteiger partial charge in [-0.25, -0.2) is 0 Å². The second kappa shape index (κ2) is 16.0. The Hall–Kier alpha value is -0.240. The maximum Gasteiger partial charge on any atom is 0.00702 e. The summed E-state index contributed by atoms with van der Waals surface area (Å²) in [6.07, 6.45) is 9.84. The molecule has 10 unspecified atom stereocenters. The van der Waals surface area contributed by atoms with E-state index in [-0.39, 0.29) is 0 Å². The molecular weight excluding hydrogens is 576 g/mol. The van der Waals surface area contributed by atoms with Crippen LogP contribution in [-0.2, 0) is 0 Å². The summed E-state index contributed by atoms with van der Waals surface area (Å²) in [5.74, 6) is 6.39. The first kappa shape index (κ1) is 36.5. The summed E-state index contributed by atoms with van der Waals surface area (Å²) in [7, 11) is 0. The highest BCUT2D eigenvalue weighted by Gasteiger charge is 2.44. The molecule has 0 spiro atoms. The van der Waals surface area contributed by atoms with Crippen molar-refractivity contribution in [2.45, 2.75) is 144 Å². The van der Waals surface area contributed by atoms with E-state index in [0.29, 0.717) is 18.1 Å². The Balaban J connectivity index is 0.979. The molecule has 0 aromatic carbocycles. The van der Waals surface area contributed by atoms with Gasteiger partial charge in [0.05, 0.1) is 0 Å². The lowest BCUT2D eigenvalue weighted by Gasteiger charge is -2.52. The average molecular weight is 655 g/mol. The van der Waals surface area contributed by atoms with Gasteiger partial charge in [-0.3, -0.25) is 0 Å². The Bertz CT molecular complexity index is 970. The molecule has 0 aromatic heterocycles. The fraction of sp³-hybridized carbons (Fsp3) is 1.00. The van der Waals surface area contributed by atoms with E-state index in [9.17, 15) is 0 Å². The number of nitrogens with zero attached hydrogens (tertiary/aromatic N) is 6. The molecule has 6 heteroatoms. The van der Waals surface area contributed by atoms with Gasteiger partial charge >= 0.3 is 0 Å². The zero-order valence-electron chi connectivity index (χ0n) is 32.6. The number of likely N-dealkylation sites (tertiary alicyclic amines) is 6. The van der Waals surface area contributed by atoms with Crippen molar-refractivity contribution in [1.29, 1.82) is 0 Å². The lowest BCUT2D eigenvalue weighted by Crippen LogP contribution is -2.57. The minimum Gasteiger partial charge on any atom is -0.301 e. The van der Waals surface area contributed by atoms with Gasteiger partial charge in [0.15, 0.2) is 0 Å². The molecular formula is C41H78N6. The zero-order chi connectivity index (χ0) is 33.4. The molecule has 6 nitrogen and oxygen atoms in total. The number of fused-ring (bicyclic) bond motifs is 3. The van der Waals surface area contributed by atoms with Gasteiger partial charge in [-0.2, -0.15) is 0 Å². The van der Waals surface area contributed by atoms with Crippen LogP contribution in [0, 0.1) is 41.4 Å². The Labute approximate surface area is 292 Å². The molecule has 0 saturated carbocycles. The minimum absolute atomic E-state index is 0.667. The van der Waals surface area contributed by atoms with E-state index in [1.165, 1.54) is 123 Å². The van der Waals surface area contributed by atoms with E-state index in [0.717, 1.165) is 59.6 Å². The van der Waals surface area contributed by atoms with Gasteiger partial charge in [0.2, 0.25) is 0 Å². The van der Waals surface area contributed by atoms with Gasteiger partial charge in [-0.1, -0.05) is 0 Å². The van der Waals surface area contributed by atoms with Crippen molar-refractivity contribution in [1.82, 2.24) is 29.4 Å². The smallest absolute Gasteiger partial charge is 0.00702 e. The largest absolute Gasteiger partial charge is 0.301 e.